The van der Waals surface area contributed by atoms with Crippen molar-refractivity contribution in [2.24, 2.45) is 0 Å². The molecule has 1 fully saturated rings. The number of hydrogen-bond acceptors (Lipinski definition) is 1. The highest BCUT2D eigenvalue weighted by molar-refractivity contribution is 7.56. The summed E-state index contributed by atoms with van der Waals surface area (Å²) < 4.78 is 20.8. The first kappa shape index (κ1) is 26.9. The van der Waals surface area contributed by atoms with E-state index >= 15 is 0 Å². The van der Waals surface area contributed by atoms with Gasteiger partial charge in [-0.25, -0.2) is 14.0 Å². The van der Waals surface area contributed by atoms with E-state index in [4.69, 9.17) is 69.6 Å². The fourth-order valence-corrected chi connectivity index (χ4v) is 8.42. The van der Waals surface area contributed by atoms with Crippen LogP contribution in [-0.4, -0.2) is 52.0 Å². The van der Waals surface area contributed by atoms with Crippen LogP contribution in [0.4, 0.5) is 0 Å². The molecule has 0 atom stereocenters. The molecule has 176 valence electrons. The standard InChI is InChI=1S/C21H24Cl6N3OP/c22-6-10-28(11-7-23)32(31)29(14-16-2-4-18(24)20(26)12-16)8-1-9-30(32)15-17-3-5-19(25)21(27)13-17/h2-5,12-13H,1,6-11,14-15H2. The molecule has 1 aliphatic rings. The average Bonchev–Trinajstić information content (AvgIpc) is 2.76. The highest BCUT2D eigenvalue weighted by atomic mass is 35.5. The van der Waals surface area contributed by atoms with Gasteiger partial charge in [-0.2, -0.15) is 0 Å². The van der Waals surface area contributed by atoms with Crippen molar-refractivity contribution in [1.29, 1.82) is 0 Å². The Balaban J connectivity index is 1.97. The molecule has 0 spiro atoms. The molecule has 1 saturated heterocycles. The van der Waals surface area contributed by atoms with Crippen molar-refractivity contribution >= 4 is 77.2 Å². The lowest BCUT2D eigenvalue weighted by atomic mass is 10.2. The first-order valence-electron chi connectivity index (χ1n) is 10.2. The summed E-state index contributed by atoms with van der Waals surface area (Å²) in [5.74, 6) is 0.699. The van der Waals surface area contributed by atoms with Crippen LogP contribution in [0.3, 0.4) is 0 Å². The zero-order valence-corrected chi connectivity index (χ0v) is 22.7. The fraction of sp³-hybridized carbons (Fsp3) is 0.429. The molecule has 0 unspecified atom stereocenters. The van der Waals surface area contributed by atoms with Gasteiger partial charge < -0.3 is 0 Å². The van der Waals surface area contributed by atoms with Gasteiger partial charge in [-0.1, -0.05) is 58.5 Å². The molecular formula is C21H24Cl6N3OP. The van der Waals surface area contributed by atoms with E-state index in [1.54, 1.807) is 12.1 Å². The zero-order chi connectivity index (χ0) is 23.3. The lowest BCUT2D eigenvalue weighted by Crippen LogP contribution is -2.46. The van der Waals surface area contributed by atoms with E-state index in [2.05, 4.69) is 0 Å². The largest absolute Gasteiger partial charge is 0.287 e. The lowest BCUT2D eigenvalue weighted by Gasteiger charge is -2.48. The molecule has 11 heteroatoms. The molecule has 0 N–H and O–H groups in total. The summed E-state index contributed by atoms with van der Waals surface area (Å²) in [5, 5.41) is 1.93. The molecular weight excluding hydrogens is 554 g/mol. The van der Waals surface area contributed by atoms with E-state index < -0.39 is 7.59 Å². The maximum Gasteiger partial charge on any atom is 0.287 e. The Morgan fingerprint density at radius 2 is 1.19 bits per heavy atom. The Hall–Kier alpha value is 0.290. The summed E-state index contributed by atoms with van der Waals surface area (Å²) in [6.45, 7) is 3.20. The van der Waals surface area contributed by atoms with Gasteiger partial charge in [0.05, 0.1) is 20.1 Å². The maximum absolute atomic E-state index is 14.8. The van der Waals surface area contributed by atoms with Gasteiger partial charge in [0.1, 0.15) is 0 Å². The molecule has 0 aliphatic carbocycles. The molecule has 0 bridgehead atoms. The summed E-state index contributed by atoms with van der Waals surface area (Å²) >= 11 is 36.8. The summed E-state index contributed by atoms with van der Waals surface area (Å²) in [6, 6.07) is 11.0. The Kier molecular flexibility index (Phi) is 10.3. The van der Waals surface area contributed by atoms with Gasteiger partial charge in [-0.05, 0) is 41.8 Å². The number of nitrogens with zero attached hydrogens (tertiary/aromatic N) is 3. The average molecular weight is 578 g/mol. The topological polar surface area (TPSA) is 26.8 Å². The highest BCUT2D eigenvalue weighted by Gasteiger charge is 2.44. The number of hydrogen-bond donors (Lipinski definition) is 0. The Morgan fingerprint density at radius 1 is 0.750 bits per heavy atom. The molecule has 0 saturated carbocycles. The number of alkyl halides is 2. The summed E-state index contributed by atoms with van der Waals surface area (Å²) in [7, 11) is -3.18. The Morgan fingerprint density at radius 3 is 1.56 bits per heavy atom. The number of benzene rings is 2. The van der Waals surface area contributed by atoms with Gasteiger partial charge in [-0.3, -0.25) is 4.57 Å². The monoisotopic (exact) mass is 575 g/mol. The van der Waals surface area contributed by atoms with Crippen LogP contribution in [0.25, 0.3) is 0 Å². The second-order valence-corrected chi connectivity index (χ2v) is 12.6. The van der Waals surface area contributed by atoms with E-state index in [9.17, 15) is 4.57 Å². The molecule has 1 aliphatic heterocycles. The van der Waals surface area contributed by atoms with Crippen molar-refractivity contribution in [1.82, 2.24) is 14.0 Å². The highest BCUT2D eigenvalue weighted by Crippen LogP contribution is 2.59. The van der Waals surface area contributed by atoms with Gasteiger partial charge in [0.15, 0.2) is 0 Å². The first-order valence-corrected chi connectivity index (χ1v) is 14.3. The maximum atomic E-state index is 14.8. The van der Waals surface area contributed by atoms with Gasteiger partial charge in [0, 0.05) is 51.0 Å². The summed E-state index contributed by atoms with van der Waals surface area (Å²) in [4.78, 5) is 0. The van der Waals surface area contributed by atoms with Crippen molar-refractivity contribution in [2.45, 2.75) is 19.5 Å². The molecule has 2 aromatic carbocycles. The lowest BCUT2D eigenvalue weighted by molar-refractivity contribution is 0.225. The van der Waals surface area contributed by atoms with Crippen LogP contribution in [0.15, 0.2) is 36.4 Å². The first-order chi connectivity index (χ1) is 15.3. The van der Waals surface area contributed by atoms with Crippen molar-refractivity contribution < 1.29 is 4.57 Å². The van der Waals surface area contributed by atoms with Crippen LogP contribution >= 0.6 is 77.2 Å². The van der Waals surface area contributed by atoms with Gasteiger partial charge in [0.25, 0.3) is 7.59 Å². The van der Waals surface area contributed by atoms with Gasteiger partial charge in [-0.15, -0.1) is 23.2 Å². The van der Waals surface area contributed by atoms with Crippen molar-refractivity contribution in [3.8, 4) is 0 Å². The normalized spacial score (nSPS) is 17.2. The fourth-order valence-electron chi connectivity index (χ4n) is 3.84. The minimum absolute atomic E-state index is 0.349. The third-order valence-corrected chi connectivity index (χ3v) is 10.4. The van der Waals surface area contributed by atoms with Crippen LogP contribution in [0.2, 0.25) is 20.1 Å². The minimum Gasteiger partial charge on any atom is -0.270 e. The second-order valence-electron chi connectivity index (χ2n) is 7.47. The smallest absolute Gasteiger partial charge is 0.270 e. The minimum atomic E-state index is -3.18. The van der Waals surface area contributed by atoms with Crippen LogP contribution in [-0.2, 0) is 17.7 Å². The predicted molar refractivity (Wildman–Crippen MR) is 139 cm³/mol. The molecule has 0 aromatic heterocycles. The van der Waals surface area contributed by atoms with Crippen molar-refractivity contribution in [3.63, 3.8) is 0 Å². The summed E-state index contributed by atoms with van der Waals surface area (Å²) in [6.07, 6.45) is 0.863. The molecule has 4 nitrogen and oxygen atoms in total. The van der Waals surface area contributed by atoms with E-state index in [1.165, 1.54) is 0 Å². The quantitative estimate of drug-likeness (QED) is 0.224. The van der Waals surface area contributed by atoms with Crippen molar-refractivity contribution in [3.05, 3.63) is 67.6 Å². The van der Waals surface area contributed by atoms with E-state index in [-0.39, 0.29) is 0 Å². The van der Waals surface area contributed by atoms with Crippen molar-refractivity contribution in [2.75, 3.05) is 37.9 Å². The number of halogens is 6. The predicted octanol–water partition coefficient (Wildman–Crippen LogP) is 7.90. The van der Waals surface area contributed by atoms with Crippen LogP contribution in [0, 0.1) is 0 Å². The third-order valence-electron chi connectivity index (χ3n) is 5.32. The second kappa shape index (κ2) is 12.3. The van der Waals surface area contributed by atoms with Crippen LogP contribution in [0.5, 0.6) is 0 Å². The molecule has 1 heterocycles. The van der Waals surface area contributed by atoms with E-state index in [0.717, 1.165) is 17.5 Å². The Bertz CT molecular complexity index is 907. The van der Waals surface area contributed by atoms with Gasteiger partial charge in [0.2, 0.25) is 0 Å². The molecule has 0 amide bonds. The van der Waals surface area contributed by atoms with E-state index in [0.29, 0.717) is 71.1 Å². The summed E-state index contributed by atoms with van der Waals surface area (Å²) in [5.41, 5.74) is 1.88. The zero-order valence-electron chi connectivity index (χ0n) is 17.3. The van der Waals surface area contributed by atoms with E-state index in [1.807, 2.05) is 38.3 Å². The third kappa shape index (κ3) is 6.29. The SMILES string of the molecule is O=P1(N(CCCl)CCCl)N(Cc2ccc(Cl)c(Cl)c2)CCCN1Cc1ccc(Cl)c(Cl)c1. The van der Waals surface area contributed by atoms with Crippen LogP contribution < -0.4 is 0 Å². The van der Waals surface area contributed by atoms with Gasteiger partial charge >= 0.3 is 0 Å². The number of rotatable bonds is 9. The molecule has 2 aromatic rings. The molecule has 3 rings (SSSR count). The Labute approximate surface area is 219 Å². The molecule has 32 heavy (non-hydrogen) atoms. The molecule has 0 radical (unpaired) electrons. The van der Waals surface area contributed by atoms with Crippen LogP contribution in [0.1, 0.15) is 17.5 Å².